The number of aromatic hydroxyl groups is 1. The van der Waals surface area contributed by atoms with E-state index in [0.717, 1.165) is 43.6 Å². The summed E-state index contributed by atoms with van der Waals surface area (Å²) in [6.07, 6.45) is 3.43. The van der Waals surface area contributed by atoms with Crippen LogP contribution >= 0.6 is 0 Å². The van der Waals surface area contributed by atoms with Gasteiger partial charge in [-0.3, -0.25) is 9.69 Å². The average molecular weight is 377 g/mol. The fourth-order valence-corrected chi connectivity index (χ4v) is 3.69. The van der Waals surface area contributed by atoms with Crippen LogP contribution in [0.15, 0.2) is 65.3 Å². The highest BCUT2D eigenvalue weighted by molar-refractivity contribution is 5.99. The SMILES string of the molecule is O=C(N[C@H]1CCCN(Cc2cccc(O)c2)C1)c1cnoc1-c1ccccc1. The molecule has 1 atom stereocenters. The Morgan fingerprint density at radius 2 is 2.07 bits per heavy atom. The third-order valence-electron chi connectivity index (χ3n) is 5.01. The van der Waals surface area contributed by atoms with Crippen molar-refractivity contribution >= 4 is 5.91 Å². The lowest BCUT2D eigenvalue weighted by Gasteiger charge is -2.33. The first-order valence-corrected chi connectivity index (χ1v) is 9.50. The number of carbonyl (C=O) groups excluding carboxylic acids is 1. The highest BCUT2D eigenvalue weighted by atomic mass is 16.5. The van der Waals surface area contributed by atoms with Crippen molar-refractivity contribution in [1.29, 1.82) is 0 Å². The third-order valence-corrected chi connectivity index (χ3v) is 5.01. The zero-order valence-corrected chi connectivity index (χ0v) is 15.5. The fourth-order valence-electron chi connectivity index (χ4n) is 3.69. The van der Waals surface area contributed by atoms with Gasteiger partial charge in [-0.25, -0.2) is 0 Å². The summed E-state index contributed by atoms with van der Waals surface area (Å²) in [5.41, 5.74) is 2.35. The maximum atomic E-state index is 12.8. The predicted molar refractivity (Wildman–Crippen MR) is 106 cm³/mol. The van der Waals surface area contributed by atoms with Crippen LogP contribution in [-0.2, 0) is 6.54 Å². The van der Waals surface area contributed by atoms with Crippen molar-refractivity contribution in [3.05, 3.63) is 71.9 Å². The number of phenols is 1. The van der Waals surface area contributed by atoms with Gasteiger partial charge in [-0.1, -0.05) is 47.6 Å². The highest BCUT2D eigenvalue weighted by Crippen LogP contribution is 2.24. The molecule has 0 radical (unpaired) electrons. The number of nitrogens with one attached hydrogen (secondary N) is 1. The van der Waals surface area contributed by atoms with Gasteiger partial charge in [0.1, 0.15) is 11.3 Å². The van der Waals surface area contributed by atoms with Crippen LogP contribution in [0.25, 0.3) is 11.3 Å². The van der Waals surface area contributed by atoms with Gasteiger partial charge in [-0.2, -0.15) is 0 Å². The van der Waals surface area contributed by atoms with Gasteiger partial charge in [0.15, 0.2) is 5.76 Å². The fraction of sp³-hybridized carbons (Fsp3) is 0.273. The van der Waals surface area contributed by atoms with Crippen LogP contribution in [0, 0.1) is 0 Å². The number of carbonyl (C=O) groups is 1. The summed E-state index contributed by atoms with van der Waals surface area (Å²) in [5.74, 6) is 0.607. The van der Waals surface area contributed by atoms with E-state index in [-0.39, 0.29) is 17.7 Å². The van der Waals surface area contributed by atoms with Gasteiger partial charge >= 0.3 is 0 Å². The van der Waals surface area contributed by atoms with Crippen LogP contribution in [0.4, 0.5) is 0 Å². The number of piperidine rings is 1. The van der Waals surface area contributed by atoms with Crippen LogP contribution in [0.1, 0.15) is 28.8 Å². The van der Waals surface area contributed by atoms with Crippen LogP contribution in [0.3, 0.4) is 0 Å². The number of aromatic nitrogens is 1. The number of phenolic OH excluding ortho intramolecular Hbond substituents is 1. The summed E-state index contributed by atoms with van der Waals surface area (Å²) in [7, 11) is 0. The van der Waals surface area contributed by atoms with Crippen LogP contribution in [0.2, 0.25) is 0 Å². The molecule has 1 aliphatic rings. The zero-order valence-electron chi connectivity index (χ0n) is 15.5. The van der Waals surface area contributed by atoms with Gasteiger partial charge in [0.25, 0.3) is 5.91 Å². The lowest BCUT2D eigenvalue weighted by atomic mass is 10.0. The second-order valence-electron chi connectivity index (χ2n) is 7.15. The number of nitrogens with zero attached hydrogens (tertiary/aromatic N) is 2. The van der Waals surface area contributed by atoms with Gasteiger partial charge in [0.2, 0.25) is 0 Å². The maximum absolute atomic E-state index is 12.8. The van der Waals surface area contributed by atoms with Gasteiger partial charge in [0, 0.05) is 24.7 Å². The molecule has 28 heavy (non-hydrogen) atoms. The Morgan fingerprint density at radius 3 is 2.89 bits per heavy atom. The molecule has 1 saturated heterocycles. The summed E-state index contributed by atoms with van der Waals surface area (Å²) < 4.78 is 5.33. The van der Waals surface area contributed by atoms with Crippen molar-refractivity contribution in [3.8, 4) is 17.1 Å². The largest absolute Gasteiger partial charge is 0.508 e. The van der Waals surface area contributed by atoms with Crippen molar-refractivity contribution in [2.75, 3.05) is 13.1 Å². The maximum Gasteiger partial charge on any atom is 0.257 e. The molecule has 0 saturated carbocycles. The molecule has 0 spiro atoms. The molecule has 1 fully saturated rings. The van der Waals surface area contributed by atoms with Crippen molar-refractivity contribution < 1.29 is 14.4 Å². The zero-order chi connectivity index (χ0) is 19.3. The number of likely N-dealkylation sites (tertiary alicyclic amines) is 1. The summed E-state index contributed by atoms with van der Waals surface area (Å²) in [4.78, 5) is 15.1. The number of benzene rings is 2. The first-order valence-electron chi connectivity index (χ1n) is 9.50. The van der Waals surface area contributed by atoms with Crippen molar-refractivity contribution in [1.82, 2.24) is 15.4 Å². The van der Waals surface area contributed by atoms with Gasteiger partial charge in [0.05, 0.1) is 6.20 Å². The molecule has 2 aromatic carbocycles. The molecule has 0 aliphatic carbocycles. The van der Waals surface area contributed by atoms with Gasteiger partial charge in [-0.15, -0.1) is 0 Å². The second-order valence-corrected chi connectivity index (χ2v) is 7.15. The van der Waals surface area contributed by atoms with Crippen LogP contribution < -0.4 is 5.32 Å². The minimum atomic E-state index is -0.163. The molecule has 1 amide bonds. The Bertz CT molecular complexity index is 939. The summed E-state index contributed by atoms with van der Waals surface area (Å²) in [6, 6.07) is 16.9. The lowest BCUT2D eigenvalue weighted by molar-refractivity contribution is 0.0901. The number of amides is 1. The highest BCUT2D eigenvalue weighted by Gasteiger charge is 2.24. The molecule has 3 aromatic rings. The van der Waals surface area contributed by atoms with E-state index in [1.165, 1.54) is 6.20 Å². The molecule has 1 aromatic heterocycles. The summed E-state index contributed by atoms with van der Waals surface area (Å²) >= 11 is 0. The quantitative estimate of drug-likeness (QED) is 0.712. The Balaban J connectivity index is 1.40. The number of rotatable bonds is 5. The first kappa shape index (κ1) is 18.3. The molecule has 2 N–H and O–H groups in total. The molecular formula is C22H23N3O3. The van der Waals surface area contributed by atoms with E-state index in [0.29, 0.717) is 11.3 Å². The van der Waals surface area contributed by atoms with E-state index in [9.17, 15) is 9.90 Å². The lowest BCUT2D eigenvalue weighted by Crippen LogP contribution is -2.47. The minimum Gasteiger partial charge on any atom is -0.508 e. The normalized spacial score (nSPS) is 17.4. The van der Waals surface area contributed by atoms with E-state index in [1.807, 2.05) is 42.5 Å². The summed E-state index contributed by atoms with van der Waals surface area (Å²) in [6.45, 7) is 2.50. The van der Waals surface area contributed by atoms with E-state index in [1.54, 1.807) is 12.1 Å². The molecular weight excluding hydrogens is 354 g/mol. The van der Waals surface area contributed by atoms with E-state index in [4.69, 9.17) is 4.52 Å². The van der Waals surface area contributed by atoms with Crippen molar-refractivity contribution in [3.63, 3.8) is 0 Å². The average Bonchev–Trinajstić information content (AvgIpc) is 3.19. The molecule has 0 unspecified atom stereocenters. The Hall–Kier alpha value is -3.12. The van der Waals surface area contributed by atoms with Gasteiger partial charge in [-0.05, 0) is 37.1 Å². The summed E-state index contributed by atoms with van der Waals surface area (Å²) in [5, 5.41) is 16.6. The van der Waals surface area contributed by atoms with E-state index in [2.05, 4.69) is 15.4 Å². The predicted octanol–water partition coefficient (Wildman–Crippen LogP) is 3.44. The second kappa shape index (κ2) is 8.27. The third kappa shape index (κ3) is 4.23. The first-order chi connectivity index (χ1) is 13.7. The van der Waals surface area contributed by atoms with Crippen molar-refractivity contribution in [2.24, 2.45) is 0 Å². The standard InChI is InChI=1S/C22H23N3O3/c26-19-10-4-6-16(12-19)14-25-11-5-9-18(15-25)24-22(27)20-13-23-28-21(20)17-7-2-1-3-8-17/h1-4,6-8,10,12-13,18,26H,5,9,11,14-15H2,(H,24,27)/t18-/m0/s1. The van der Waals surface area contributed by atoms with Crippen LogP contribution in [0.5, 0.6) is 5.75 Å². The minimum absolute atomic E-state index is 0.0667. The van der Waals surface area contributed by atoms with Crippen LogP contribution in [-0.4, -0.2) is 40.2 Å². The van der Waals surface area contributed by atoms with E-state index < -0.39 is 0 Å². The molecule has 1 aliphatic heterocycles. The molecule has 0 bridgehead atoms. The van der Waals surface area contributed by atoms with E-state index >= 15 is 0 Å². The van der Waals surface area contributed by atoms with Gasteiger partial charge < -0.3 is 14.9 Å². The molecule has 4 rings (SSSR count). The molecule has 144 valence electrons. The molecule has 6 nitrogen and oxygen atoms in total. The molecule has 6 heteroatoms. The smallest absolute Gasteiger partial charge is 0.257 e. The molecule has 2 heterocycles. The topological polar surface area (TPSA) is 78.6 Å². The Morgan fingerprint density at radius 1 is 1.21 bits per heavy atom. The Kier molecular flexibility index (Phi) is 5.39. The monoisotopic (exact) mass is 377 g/mol. The Labute approximate surface area is 163 Å². The number of hydrogen-bond acceptors (Lipinski definition) is 5. The number of hydrogen-bond donors (Lipinski definition) is 2. The van der Waals surface area contributed by atoms with Crippen molar-refractivity contribution in [2.45, 2.75) is 25.4 Å².